The van der Waals surface area contributed by atoms with Crippen LogP contribution in [0.4, 0.5) is 0 Å². The van der Waals surface area contributed by atoms with Crippen molar-refractivity contribution in [2.75, 3.05) is 6.54 Å². The monoisotopic (exact) mass is 308 g/mol. The van der Waals surface area contributed by atoms with Crippen molar-refractivity contribution in [1.82, 2.24) is 4.31 Å². The van der Waals surface area contributed by atoms with Gasteiger partial charge < -0.3 is 0 Å². The van der Waals surface area contributed by atoms with Gasteiger partial charge in [-0.05, 0) is 56.4 Å². The summed E-state index contributed by atoms with van der Waals surface area (Å²) in [6.45, 7) is 4.22. The highest BCUT2D eigenvalue weighted by Gasteiger charge is 2.32. The van der Waals surface area contributed by atoms with E-state index < -0.39 is 16.2 Å². The molecule has 1 fully saturated rings. The lowest BCUT2D eigenvalue weighted by Gasteiger charge is -2.25. The van der Waals surface area contributed by atoms with Crippen molar-refractivity contribution in [2.45, 2.75) is 50.6 Å². The van der Waals surface area contributed by atoms with Crippen molar-refractivity contribution in [2.24, 2.45) is 4.99 Å². The lowest BCUT2D eigenvalue weighted by atomic mass is 10.1. The summed E-state index contributed by atoms with van der Waals surface area (Å²) in [5, 5.41) is 0. The minimum absolute atomic E-state index is 0.263. The van der Waals surface area contributed by atoms with Crippen molar-refractivity contribution >= 4 is 16.1 Å². The molecule has 0 radical (unpaired) electrons. The van der Waals surface area contributed by atoms with E-state index in [1.54, 1.807) is 18.2 Å². The molecule has 0 N–H and O–H groups in total. The van der Waals surface area contributed by atoms with E-state index in [9.17, 15) is 13.2 Å². The second kappa shape index (κ2) is 6.52. The zero-order chi connectivity index (χ0) is 15.5. The van der Waals surface area contributed by atoms with Crippen LogP contribution < -0.4 is 0 Å². The number of carbonyl (C=O) groups excluding carboxylic acids is 1. The van der Waals surface area contributed by atoms with Crippen LogP contribution in [-0.4, -0.2) is 31.5 Å². The number of isocyanates is 1. The van der Waals surface area contributed by atoms with Crippen molar-refractivity contribution < 1.29 is 13.2 Å². The van der Waals surface area contributed by atoms with Crippen molar-refractivity contribution in [3.63, 3.8) is 0 Å². The maximum Gasteiger partial charge on any atom is 0.244 e. The summed E-state index contributed by atoms with van der Waals surface area (Å²) in [5.41, 5.74) is 1.98. The Hall–Kier alpha value is -1.49. The fourth-order valence-electron chi connectivity index (χ4n) is 2.54. The molecular formula is C15H20N2O3S. The average molecular weight is 308 g/mol. The van der Waals surface area contributed by atoms with E-state index in [1.165, 1.54) is 10.4 Å². The molecule has 2 rings (SSSR count). The first kappa shape index (κ1) is 15.9. The molecule has 5 nitrogen and oxygen atoms in total. The van der Waals surface area contributed by atoms with E-state index in [0.717, 1.165) is 30.4 Å². The summed E-state index contributed by atoms with van der Waals surface area (Å²) in [5.74, 6) is 0. The lowest BCUT2D eigenvalue weighted by molar-refractivity contribution is 0.330. The van der Waals surface area contributed by atoms with Gasteiger partial charge in [0.25, 0.3) is 0 Å². The number of aliphatic imine (C=N–C) groups is 1. The third-order valence-corrected chi connectivity index (χ3v) is 5.85. The van der Waals surface area contributed by atoms with Crippen LogP contribution in [0.25, 0.3) is 0 Å². The molecule has 0 amide bonds. The predicted octanol–water partition coefficient (Wildman–Crippen LogP) is 2.53. The summed E-state index contributed by atoms with van der Waals surface area (Å²) in [4.78, 5) is 14.5. The van der Waals surface area contributed by atoms with E-state index in [-0.39, 0.29) is 4.90 Å². The van der Waals surface area contributed by atoms with E-state index >= 15 is 0 Å². The predicted molar refractivity (Wildman–Crippen MR) is 80.2 cm³/mol. The topological polar surface area (TPSA) is 66.8 Å². The number of hydrogen-bond donors (Lipinski definition) is 0. The molecule has 1 heterocycles. The minimum atomic E-state index is -3.64. The molecule has 0 aromatic heterocycles. The second-order valence-corrected chi connectivity index (χ2v) is 7.30. The van der Waals surface area contributed by atoms with E-state index in [0.29, 0.717) is 13.0 Å². The molecule has 1 aromatic carbocycles. The Morgan fingerprint density at radius 2 is 1.95 bits per heavy atom. The number of aryl methyl sites for hydroxylation is 2. The summed E-state index contributed by atoms with van der Waals surface area (Å²) >= 11 is 0. The molecule has 1 unspecified atom stereocenters. The number of rotatable bonds is 3. The van der Waals surface area contributed by atoms with Crippen LogP contribution in [0.15, 0.2) is 28.1 Å². The Balaban J connectivity index is 2.43. The molecule has 21 heavy (non-hydrogen) atoms. The highest BCUT2D eigenvalue weighted by atomic mass is 32.2. The summed E-state index contributed by atoms with van der Waals surface area (Å²) < 4.78 is 27.0. The Kier molecular flexibility index (Phi) is 4.93. The van der Waals surface area contributed by atoms with Crippen LogP contribution in [0.1, 0.15) is 36.8 Å². The van der Waals surface area contributed by atoms with E-state index in [2.05, 4.69) is 4.99 Å². The number of benzene rings is 1. The highest BCUT2D eigenvalue weighted by Crippen LogP contribution is 2.26. The third kappa shape index (κ3) is 3.40. The van der Waals surface area contributed by atoms with Crippen LogP contribution in [0.3, 0.4) is 0 Å². The zero-order valence-electron chi connectivity index (χ0n) is 12.4. The van der Waals surface area contributed by atoms with Gasteiger partial charge in [0.15, 0.2) is 0 Å². The van der Waals surface area contributed by atoms with Gasteiger partial charge in [0, 0.05) is 6.54 Å². The summed E-state index contributed by atoms with van der Waals surface area (Å²) in [6, 6.07) is 5.10. The number of sulfonamides is 1. The zero-order valence-corrected chi connectivity index (χ0v) is 13.2. The van der Waals surface area contributed by atoms with Crippen LogP contribution in [0.2, 0.25) is 0 Å². The van der Waals surface area contributed by atoms with Gasteiger partial charge in [-0.3, -0.25) is 0 Å². The maximum absolute atomic E-state index is 12.8. The SMILES string of the molecule is Cc1ccc(S(=O)(=O)N2CCCCCC2N=C=O)cc1C. The standard InChI is InChI=1S/C15H20N2O3S/c1-12-7-8-14(10-13(12)2)21(19,20)17-9-5-3-4-6-15(17)16-11-18/h7-8,10,15H,3-6,9H2,1-2H3. The molecule has 1 atom stereocenters. The first-order valence-corrected chi connectivity index (χ1v) is 8.57. The molecule has 0 aliphatic carbocycles. The Morgan fingerprint density at radius 1 is 1.19 bits per heavy atom. The summed E-state index contributed by atoms with van der Waals surface area (Å²) in [6.07, 6.45) is 4.05. The minimum Gasteiger partial charge on any atom is -0.211 e. The fourth-order valence-corrected chi connectivity index (χ4v) is 4.22. The quantitative estimate of drug-likeness (QED) is 0.636. The third-order valence-electron chi connectivity index (χ3n) is 3.96. The van der Waals surface area contributed by atoms with Crippen LogP contribution >= 0.6 is 0 Å². The maximum atomic E-state index is 12.8. The van der Waals surface area contributed by atoms with Crippen LogP contribution in [0.5, 0.6) is 0 Å². The molecule has 6 heteroatoms. The molecule has 1 aliphatic heterocycles. The van der Waals surface area contributed by atoms with Gasteiger partial charge in [0.1, 0.15) is 6.17 Å². The Bertz CT molecular complexity index is 663. The molecule has 0 spiro atoms. The number of hydrogen-bond acceptors (Lipinski definition) is 4. The highest BCUT2D eigenvalue weighted by molar-refractivity contribution is 7.89. The molecule has 114 valence electrons. The summed E-state index contributed by atoms with van der Waals surface area (Å²) in [7, 11) is -3.64. The Labute approximate surface area is 125 Å². The smallest absolute Gasteiger partial charge is 0.211 e. The molecule has 1 saturated heterocycles. The first-order chi connectivity index (χ1) is 9.96. The van der Waals surface area contributed by atoms with Gasteiger partial charge in [0.05, 0.1) is 4.90 Å². The van der Waals surface area contributed by atoms with Gasteiger partial charge in [-0.2, -0.15) is 9.30 Å². The van der Waals surface area contributed by atoms with Gasteiger partial charge in [0.2, 0.25) is 16.1 Å². The first-order valence-electron chi connectivity index (χ1n) is 7.13. The Morgan fingerprint density at radius 3 is 2.62 bits per heavy atom. The second-order valence-electron chi connectivity index (χ2n) is 5.41. The van der Waals surface area contributed by atoms with E-state index in [4.69, 9.17) is 0 Å². The fraction of sp³-hybridized carbons (Fsp3) is 0.533. The molecule has 0 bridgehead atoms. The van der Waals surface area contributed by atoms with Crippen molar-refractivity contribution in [3.8, 4) is 0 Å². The van der Waals surface area contributed by atoms with E-state index in [1.807, 2.05) is 13.8 Å². The van der Waals surface area contributed by atoms with Crippen LogP contribution in [-0.2, 0) is 14.8 Å². The molecule has 1 aromatic rings. The van der Waals surface area contributed by atoms with Gasteiger partial charge in [-0.25, -0.2) is 13.2 Å². The normalized spacial score (nSPS) is 20.6. The number of nitrogens with zero attached hydrogens (tertiary/aromatic N) is 2. The van der Waals surface area contributed by atoms with Gasteiger partial charge in [-0.15, -0.1) is 0 Å². The van der Waals surface area contributed by atoms with Gasteiger partial charge in [-0.1, -0.05) is 12.5 Å². The van der Waals surface area contributed by atoms with Crippen LogP contribution in [0, 0.1) is 13.8 Å². The molecule has 1 aliphatic rings. The van der Waals surface area contributed by atoms with Gasteiger partial charge >= 0.3 is 0 Å². The van der Waals surface area contributed by atoms with Crippen molar-refractivity contribution in [3.05, 3.63) is 29.3 Å². The largest absolute Gasteiger partial charge is 0.244 e. The van der Waals surface area contributed by atoms with Crippen molar-refractivity contribution in [1.29, 1.82) is 0 Å². The average Bonchev–Trinajstić information content (AvgIpc) is 2.68. The lowest BCUT2D eigenvalue weighted by Crippen LogP contribution is -2.38. The molecular weight excluding hydrogens is 288 g/mol. The molecule has 0 saturated carbocycles.